The summed E-state index contributed by atoms with van der Waals surface area (Å²) in [6.45, 7) is 5.30. The molecule has 8 heteroatoms. The molecular weight excluding hydrogens is 564 g/mol. The van der Waals surface area contributed by atoms with Crippen LogP contribution in [0.2, 0.25) is 0 Å². The predicted octanol–water partition coefficient (Wildman–Crippen LogP) is 7.29. The molecule has 3 aromatic rings. The molecule has 0 saturated carbocycles. The van der Waals surface area contributed by atoms with Crippen molar-refractivity contribution in [1.82, 2.24) is 0 Å². The third-order valence-corrected chi connectivity index (χ3v) is 5.95. The summed E-state index contributed by atoms with van der Waals surface area (Å²) >= 11 is 6.89. The minimum Gasteiger partial charge on any atom is -0.492 e. The molecular formula is C26H26Br2N2O4. The van der Waals surface area contributed by atoms with E-state index in [0.717, 1.165) is 21.8 Å². The van der Waals surface area contributed by atoms with E-state index >= 15 is 0 Å². The van der Waals surface area contributed by atoms with Gasteiger partial charge in [-0.05, 0) is 105 Å². The number of benzene rings is 3. The lowest BCUT2D eigenvalue weighted by Gasteiger charge is -2.11. The van der Waals surface area contributed by atoms with Crippen LogP contribution in [-0.4, -0.2) is 25.0 Å². The molecule has 34 heavy (non-hydrogen) atoms. The zero-order valence-corrected chi connectivity index (χ0v) is 22.2. The predicted molar refractivity (Wildman–Crippen MR) is 142 cm³/mol. The average Bonchev–Trinajstić information content (AvgIpc) is 2.83. The van der Waals surface area contributed by atoms with Gasteiger partial charge < -0.3 is 20.1 Å². The number of halogens is 2. The Labute approximate surface area is 216 Å². The van der Waals surface area contributed by atoms with Crippen LogP contribution in [0.4, 0.5) is 11.4 Å². The molecule has 0 fully saturated rings. The molecule has 0 aromatic heterocycles. The van der Waals surface area contributed by atoms with Crippen LogP contribution in [0.3, 0.4) is 0 Å². The van der Waals surface area contributed by atoms with Crippen LogP contribution in [0.25, 0.3) is 0 Å². The quantitative estimate of drug-likeness (QED) is 0.260. The Bertz CT molecular complexity index is 1060. The van der Waals surface area contributed by atoms with Crippen LogP contribution in [-0.2, 0) is 0 Å². The van der Waals surface area contributed by atoms with Gasteiger partial charge in [-0.1, -0.05) is 13.8 Å². The summed E-state index contributed by atoms with van der Waals surface area (Å²) in [5.41, 5.74) is 2.24. The maximum atomic E-state index is 12.6. The second-order valence-corrected chi connectivity index (χ2v) is 9.18. The van der Waals surface area contributed by atoms with Crippen molar-refractivity contribution < 1.29 is 19.1 Å². The van der Waals surface area contributed by atoms with Gasteiger partial charge in [-0.25, -0.2) is 0 Å². The monoisotopic (exact) mass is 588 g/mol. The van der Waals surface area contributed by atoms with Crippen LogP contribution < -0.4 is 20.1 Å². The van der Waals surface area contributed by atoms with Gasteiger partial charge in [-0.2, -0.15) is 0 Å². The third kappa shape index (κ3) is 7.08. The van der Waals surface area contributed by atoms with Crippen LogP contribution >= 0.6 is 31.9 Å². The van der Waals surface area contributed by atoms with Crippen molar-refractivity contribution in [3.8, 4) is 11.5 Å². The molecule has 0 aliphatic rings. The van der Waals surface area contributed by atoms with E-state index in [-0.39, 0.29) is 11.8 Å². The number of carbonyl (C=O) groups excluding carboxylic acids is 2. The Morgan fingerprint density at radius 3 is 1.38 bits per heavy atom. The van der Waals surface area contributed by atoms with Gasteiger partial charge in [0.25, 0.3) is 11.8 Å². The van der Waals surface area contributed by atoms with Gasteiger partial charge in [-0.15, -0.1) is 0 Å². The number of hydrogen-bond acceptors (Lipinski definition) is 4. The maximum absolute atomic E-state index is 12.6. The Morgan fingerprint density at radius 1 is 0.676 bits per heavy atom. The highest BCUT2D eigenvalue weighted by Gasteiger charge is 2.12. The lowest BCUT2D eigenvalue weighted by Crippen LogP contribution is -2.13. The molecule has 0 spiro atoms. The van der Waals surface area contributed by atoms with Crippen molar-refractivity contribution >= 4 is 55.0 Å². The number of anilines is 2. The fraction of sp³-hybridized carbons (Fsp3) is 0.231. The Kier molecular flexibility index (Phi) is 9.53. The third-order valence-electron chi connectivity index (χ3n) is 4.71. The number of amides is 2. The first-order valence-corrected chi connectivity index (χ1v) is 12.6. The van der Waals surface area contributed by atoms with Gasteiger partial charge >= 0.3 is 0 Å². The summed E-state index contributed by atoms with van der Waals surface area (Å²) in [6.07, 6.45) is 1.81. The van der Waals surface area contributed by atoms with E-state index in [4.69, 9.17) is 9.47 Å². The number of carbonyl (C=O) groups is 2. The van der Waals surface area contributed by atoms with E-state index in [1.54, 1.807) is 60.7 Å². The van der Waals surface area contributed by atoms with E-state index < -0.39 is 0 Å². The summed E-state index contributed by atoms with van der Waals surface area (Å²) in [6, 6.07) is 17.4. The largest absolute Gasteiger partial charge is 0.492 e. The fourth-order valence-corrected chi connectivity index (χ4v) is 3.97. The van der Waals surface area contributed by atoms with Crippen molar-refractivity contribution in [2.24, 2.45) is 0 Å². The molecule has 0 unspecified atom stereocenters. The molecule has 0 radical (unpaired) electrons. The second kappa shape index (κ2) is 12.6. The minimum absolute atomic E-state index is 0.241. The van der Waals surface area contributed by atoms with Gasteiger partial charge in [-0.3, -0.25) is 9.59 Å². The molecule has 0 bridgehead atoms. The fourth-order valence-electron chi connectivity index (χ4n) is 2.99. The molecule has 2 amide bonds. The highest BCUT2D eigenvalue weighted by atomic mass is 79.9. The van der Waals surface area contributed by atoms with Gasteiger partial charge in [0, 0.05) is 22.5 Å². The van der Waals surface area contributed by atoms with E-state index in [9.17, 15) is 9.59 Å². The number of nitrogens with one attached hydrogen (secondary N) is 2. The second-order valence-electron chi connectivity index (χ2n) is 7.47. The van der Waals surface area contributed by atoms with Crippen molar-refractivity contribution in [2.75, 3.05) is 23.8 Å². The molecule has 0 aliphatic heterocycles. The average molecular weight is 590 g/mol. The van der Waals surface area contributed by atoms with Crippen LogP contribution in [0.15, 0.2) is 69.6 Å². The lowest BCUT2D eigenvalue weighted by atomic mass is 10.2. The minimum atomic E-state index is -0.241. The van der Waals surface area contributed by atoms with Gasteiger partial charge in [0.15, 0.2) is 0 Å². The summed E-state index contributed by atoms with van der Waals surface area (Å²) < 4.78 is 12.7. The molecule has 3 aromatic carbocycles. The zero-order chi connectivity index (χ0) is 24.5. The Morgan fingerprint density at radius 2 is 1.06 bits per heavy atom. The summed E-state index contributed by atoms with van der Waals surface area (Å²) in [5.74, 6) is 0.923. The van der Waals surface area contributed by atoms with E-state index in [1.165, 1.54) is 0 Å². The highest BCUT2D eigenvalue weighted by Crippen LogP contribution is 2.28. The van der Waals surface area contributed by atoms with E-state index in [2.05, 4.69) is 42.5 Å². The molecule has 2 N–H and O–H groups in total. The number of ether oxygens (including phenoxy) is 2. The first-order chi connectivity index (χ1) is 16.4. The van der Waals surface area contributed by atoms with Crippen molar-refractivity contribution in [3.05, 3.63) is 80.7 Å². The van der Waals surface area contributed by atoms with E-state index in [1.807, 2.05) is 13.8 Å². The van der Waals surface area contributed by atoms with Gasteiger partial charge in [0.1, 0.15) is 11.5 Å². The number of hydrogen-bond donors (Lipinski definition) is 2. The smallest absolute Gasteiger partial charge is 0.255 e. The molecule has 0 heterocycles. The molecule has 0 atom stereocenters. The standard InChI is InChI=1S/C26H26Br2N2O4/c1-3-13-33-23-11-5-17(15-21(23)27)25(31)29-19-7-9-20(10-8-19)30-26(32)18-6-12-24(22(28)16-18)34-14-4-2/h5-12,15-16H,3-4,13-14H2,1-2H3,(H,29,31)(H,30,32). The topological polar surface area (TPSA) is 76.7 Å². The molecule has 6 nitrogen and oxygen atoms in total. The van der Waals surface area contributed by atoms with Crippen LogP contribution in [0.1, 0.15) is 47.4 Å². The molecule has 3 rings (SSSR count). The summed E-state index contributed by atoms with van der Waals surface area (Å²) in [5, 5.41) is 5.71. The molecule has 0 saturated heterocycles. The highest BCUT2D eigenvalue weighted by molar-refractivity contribution is 9.10. The van der Waals surface area contributed by atoms with Crippen molar-refractivity contribution in [2.45, 2.75) is 26.7 Å². The lowest BCUT2D eigenvalue weighted by molar-refractivity contribution is 0.101. The Balaban J connectivity index is 1.59. The first kappa shape index (κ1) is 25.8. The number of rotatable bonds is 10. The van der Waals surface area contributed by atoms with Gasteiger partial charge in [0.2, 0.25) is 0 Å². The molecule has 0 aliphatic carbocycles. The van der Waals surface area contributed by atoms with Crippen molar-refractivity contribution in [3.63, 3.8) is 0 Å². The molecule has 178 valence electrons. The zero-order valence-electron chi connectivity index (χ0n) is 19.0. The normalized spacial score (nSPS) is 10.5. The van der Waals surface area contributed by atoms with E-state index in [0.29, 0.717) is 47.2 Å². The van der Waals surface area contributed by atoms with Crippen LogP contribution in [0, 0.1) is 0 Å². The maximum Gasteiger partial charge on any atom is 0.255 e. The van der Waals surface area contributed by atoms with Gasteiger partial charge in [0.05, 0.1) is 22.2 Å². The van der Waals surface area contributed by atoms with Crippen LogP contribution in [0.5, 0.6) is 11.5 Å². The Hall–Kier alpha value is -2.84. The first-order valence-electron chi connectivity index (χ1n) is 11.0. The SMILES string of the molecule is CCCOc1ccc(C(=O)Nc2ccc(NC(=O)c3ccc(OCCC)c(Br)c3)cc2)cc1Br. The van der Waals surface area contributed by atoms with Crippen molar-refractivity contribution in [1.29, 1.82) is 0 Å². The summed E-state index contributed by atoms with van der Waals surface area (Å²) in [4.78, 5) is 25.2. The summed E-state index contributed by atoms with van der Waals surface area (Å²) in [7, 11) is 0.